The van der Waals surface area contributed by atoms with Crippen LogP contribution in [-0.2, 0) is 21.2 Å². The summed E-state index contributed by atoms with van der Waals surface area (Å²) in [6.07, 6.45) is 2.23. The highest BCUT2D eigenvalue weighted by atomic mass is 35.5. The van der Waals surface area contributed by atoms with Gasteiger partial charge in [-0.1, -0.05) is 35.9 Å². The fraction of sp³-hybridized carbons (Fsp3) is 0.100. The second-order valence-electron chi connectivity index (χ2n) is 6.35. The summed E-state index contributed by atoms with van der Waals surface area (Å²) in [5.74, 6) is -0.885. The van der Waals surface area contributed by atoms with Crippen LogP contribution in [0.5, 0.6) is 5.75 Å². The van der Waals surface area contributed by atoms with Crippen molar-refractivity contribution in [2.24, 2.45) is 0 Å². The van der Waals surface area contributed by atoms with Crippen LogP contribution in [0.2, 0.25) is 5.02 Å². The van der Waals surface area contributed by atoms with E-state index in [4.69, 9.17) is 16.3 Å². The first-order valence-electron chi connectivity index (χ1n) is 8.80. The molecule has 1 N–H and O–H groups in total. The topological polar surface area (TPSA) is 122 Å². The van der Waals surface area contributed by atoms with Crippen LogP contribution in [0.3, 0.4) is 0 Å². The lowest BCUT2D eigenvalue weighted by molar-refractivity contribution is -0.112. The van der Waals surface area contributed by atoms with Crippen molar-refractivity contribution >= 4 is 50.1 Å². The van der Waals surface area contributed by atoms with Crippen molar-refractivity contribution in [1.82, 2.24) is 9.36 Å². The van der Waals surface area contributed by atoms with Crippen LogP contribution in [0.4, 0.5) is 9.52 Å². The third-order valence-electron chi connectivity index (χ3n) is 3.93. The molecule has 12 heteroatoms. The first-order valence-corrected chi connectivity index (χ1v) is 11.8. The van der Waals surface area contributed by atoms with Gasteiger partial charge in [0.1, 0.15) is 29.8 Å². The molecular formula is C20H14ClFN4O4S2. The molecule has 0 spiro atoms. The highest BCUT2D eigenvalue weighted by Crippen LogP contribution is 2.27. The van der Waals surface area contributed by atoms with Gasteiger partial charge in [-0.05, 0) is 29.8 Å². The molecule has 3 rings (SSSR count). The molecule has 8 nitrogen and oxygen atoms in total. The van der Waals surface area contributed by atoms with Crippen molar-refractivity contribution in [3.63, 3.8) is 0 Å². The minimum absolute atomic E-state index is 0.0231. The molecule has 0 fully saturated rings. The van der Waals surface area contributed by atoms with E-state index >= 15 is 0 Å². The van der Waals surface area contributed by atoms with E-state index in [1.807, 2.05) is 0 Å². The van der Waals surface area contributed by atoms with Gasteiger partial charge in [-0.25, -0.2) is 12.8 Å². The smallest absolute Gasteiger partial charge is 0.268 e. The Morgan fingerprint density at radius 3 is 2.72 bits per heavy atom. The van der Waals surface area contributed by atoms with Gasteiger partial charge in [-0.3, -0.25) is 10.1 Å². The number of aromatic nitrogens is 2. The van der Waals surface area contributed by atoms with Crippen molar-refractivity contribution in [3.8, 4) is 11.8 Å². The number of carbonyl (C=O) groups excluding carboxylic acids is 1. The number of ether oxygens (including phenoxy) is 1. The number of hydrogen-bond acceptors (Lipinski definition) is 8. The fourth-order valence-electron chi connectivity index (χ4n) is 2.39. The Labute approximate surface area is 192 Å². The lowest BCUT2D eigenvalue weighted by atomic mass is 10.1. The van der Waals surface area contributed by atoms with Crippen LogP contribution in [-0.4, -0.2) is 29.9 Å². The number of nitrogens with zero attached hydrogens (tertiary/aromatic N) is 3. The number of carbonyl (C=O) groups is 1. The molecule has 0 saturated heterocycles. The average Bonchev–Trinajstić information content (AvgIpc) is 3.21. The summed E-state index contributed by atoms with van der Waals surface area (Å²) in [5.41, 5.74) is 0.540. The summed E-state index contributed by atoms with van der Waals surface area (Å²) in [7, 11) is -3.62. The highest BCUT2D eigenvalue weighted by Gasteiger charge is 2.17. The molecule has 0 aliphatic carbocycles. The van der Waals surface area contributed by atoms with Gasteiger partial charge in [0.15, 0.2) is 0 Å². The van der Waals surface area contributed by atoms with Gasteiger partial charge >= 0.3 is 0 Å². The van der Waals surface area contributed by atoms with Crippen LogP contribution < -0.4 is 10.1 Å². The molecule has 0 saturated carbocycles. The zero-order chi connectivity index (χ0) is 23.3. The molecule has 32 heavy (non-hydrogen) atoms. The zero-order valence-electron chi connectivity index (χ0n) is 16.4. The average molecular weight is 493 g/mol. The zero-order valence-corrected chi connectivity index (χ0v) is 18.8. The third kappa shape index (κ3) is 5.88. The number of hydrogen-bond donors (Lipinski definition) is 1. The number of nitriles is 1. The van der Waals surface area contributed by atoms with Gasteiger partial charge in [0.2, 0.25) is 15.0 Å². The molecule has 0 bridgehead atoms. The highest BCUT2D eigenvalue weighted by molar-refractivity contribution is 7.90. The predicted octanol–water partition coefficient (Wildman–Crippen LogP) is 3.86. The van der Waals surface area contributed by atoms with Crippen LogP contribution in [0.15, 0.2) is 53.2 Å². The largest absolute Gasteiger partial charge is 0.487 e. The van der Waals surface area contributed by atoms with Gasteiger partial charge in [0, 0.05) is 23.4 Å². The minimum Gasteiger partial charge on any atom is -0.487 e. The number of halogens is 2. The van der Waals surface area contributed by atoms with E-state index in [1.54, 1.807) is 30.3 Å². The summed E-state index contributed by atoms with van der Waals surface area (Å²) in [4.78, 5) is 16.1. The van der Waals surface area contributed by atoms with Gasteiger partial charge in [0.25, 0.3) is 11.1 Å². The quantitative estimate of drug-likeness (QED) is 0.392. The van der Waals surface area contributed by atoms with E-state index < -0.39 is 26.7 Å². The third-order valence-corrected chi connectivity index (χ3v) is 5.82. The molecule has 164 valence electrons. The van der Waals surface area contributed by atoms with E-state index in [9.17, 15) is 22.9 Å². The molecule has 1 aromatic heterocycles. The molecule has 0 unspecified atom stereocenters. The Balaban J connectivity index is 1.72. The molecule has 0 aliphatic heterocycles. The summed E-state index contributed by atoms with van der Waals surface area (Å²) < 4.78 is 45.8. The van der Waals surface area contributed by atoms with E-state index in [0.29, 0.717) is 28.4 Å². The molecule has 2 aromatic carbocycles. The maximum Gasteiger partial charge on any atom is 0.268 e. The Morgan fingerprint density at radius 1 is 1.34 bits per heavy atom. The number of rotatable bonds is 7. The van der Waals surface area contributed by atoms with Crippen molar-refractivity contribution in [2.45, 2.75) is 11.8 Å². The summed E-state index contributed by atoms with van der Waals surface area (Å²) >= 11 is 6.89. The second kappa shape index (κ2) is 9.86. The first-order chi connectivity index (χ1) is 15.2. The number of nitrogens with one attached hydrogen (secondary N) is 1. The van der Waals surface area contributed by atoms with Gasteiger partial charge < -0.3 is 4.74 Å². The van der Waals surface area contributed by atoms with Crippen molar-refractivity contribution in [1.29, 1.82) is 5.26 Å². The minimum atomic E-state index is -3.62. The fourth-order valence-corrected chi connectivity index (χ4v) is 4.07. The summed E-state index contributed by atoms with van der Waals surface area (Å²) in [5, 5.41) is 11.4. The van der Waals surface area contributed by atoms with Crippen LogP contribution in [0.1, 0.15) is 11.1 Å². The predicted molar refractivity (Wildman–Crippen MR) is 117 cm³/mol. The van der Waals surface area contributed by atoms with Crippen molar-refractivity contribution in [2.75, 3.05) is 11.6 Å². The Hall–Kier alpha value is -3.33. The molecule has 3 aromatic rings. The standard InChI is InChI=1S/C20H14ClFN4O4S2/c1-32(28,29)20-25-19(31-26-20)24-18(27)14(10-23)8-12-6-7-17(15(21)9-12)30-11-13-4-2-3-5-16(13)22/h2-9H,11H2,1H3,(H,24,25,26,27)/b14-8-. The van der Waals surface area contributed by atoms with E-state index in [0.717, 1.165) is 6.26 Å². The van der Waals surface area contributed by atoms with Gasteiger partial charge in [-0.15, -0.1) is 0 Å². The van der Waals surface area contributed by atoms with Crippen LogP contribution in [0, 0.1) is 17.1 Å². The Bertz CT molecular complexity index is 1350. The Kier molecular flexibility index (Phi) is 7.19. The lowest BCUT2D eigenvalue weighted by Crippen LogP contribution is -2.13. The van der Waals surface area contributed by atoms with Crippen molar-refractivity contribution < 1.29 is 22.3 Å². The second-order valence-corrected chi connectivity index (χ2v) is 9.42. The summed E-state index contributed by atoms with van der Waals surface area (Å²) in [6.45, 7) is -0.0231. The Morgan fingerprint density at radius 2 is 2.09 bits per heavy atom. The van der Waals surface area contributed by atoms with Gasteiger partial charge in [-0.2, -0.15) is 14.6 Å². The molecule has 0 radical (unpaired) electrons. The molecule has 0 atom stereocenters. The normalized spacial score (nSPS) is 11.6. The number of amides is 1. The molecule has 1 amide bonds. The van der Waals surface area contributed by atoms with Crippen molar-refractivity contribution in [3.05, 3.63) is 70.0 Å². The van der Waals surface area contributed by atoms with Crippen LogP contribution >= 0.6 is 23.1 Å². The van der Waals surface area contributed by atoms with Crippen LogP contribution in [0.25, 0.3) is 6.08 Å². The number of benzene rings is 2. The van der Waals surface area contributed by atoms with Gasteiger partial charge in [0.05, 0.1) is 5.02 Å². The number of sulfone groups is 1. The van der Waals surface area contributed by atoms with E-state index in [1.165, 1.54) is 24.3 Å². The monoisotopic (exact) mass is 492 g/mol. The maximum absolute atomic E-state index is 13.7. The lowest BCUT2D eigenvalue weighted by Gasteiger charge is -2.09. The van der Waals surface area contributed by atoms with E-state index in [2.05, 4.69) is 14.7 Å². The maximum atomic E-state index is 13.7. The molecular weight excluding hydrogens is 479 g/mol. The van der Waals surface area contributed by atoms with E-state index in [-0.39, 0.29) is 22.3 Å². The molecule has 0 aliphatic rings. The first kappa shape index (κ1) is 23.3. The summed E-state index contributed by atoms with van der Waals surface area (Å²) in [6, 6.07) is 12.5. The SMILES string of the molecule is CS(=O)(=O)c1nsc(NC(=O)/C(C#N)=C\c2ccc(OCc3ccccc3F)c(Cl)c2)n1. The number of anilines is 1. The molecule has 1 heterocycles.